The van der Waals surface area contributed by atoms with E-state index in [0.717, 1.165) is 32.5 Å². The molecular formula is C15H24N2O2. The van der Waals surface area contributed by atoms with Crippen LogP contribution in [0.2, 0.25) is 0 Å². The zero-order chi connectivity index (χ0) is 13.5. The Balaban J connectivity index is 1.57. The van der Waals surface area contributed by atoms with Crippen molar-refractivity contribution < 1.29 is 9.47 Å². The van der Waals surface area contributed by atoms with Gasteiger partial charge < -0.3 is 14.8 Å². The van der Waals surface area contributed by atoms with Crippen LogP contribution in [0.1, 0.15) is 32.3 Å². The number of hydrogen-bond donors (Lipinski definition) is 1. The predicted octanol–water partition coefficient (Wildman–Crippen LogP) is 2.14. The first-order valence-corrected chi connectivity index (χ1v) is 7.10. The second-order valence-corrected chi connectivity index (χ2v) is 5.26. The summed E-state index contributed by atoms with van der Waals surface area (Å²) in [7, 11) is 0. The van der Waals surface area contributed by atoms with Crippen molar-refractivity contribution in [2.45, 2.75) is 51.5 Å². The number of hydrogen-bond acceptors (Lipinski definition) is 4. The van der Waals surface area contributed by atoms with Crippen LogP contribution in [0.5, 0.6) is 0 Å². The summed E-state index contributed by atoms with van der Waals surface area (Å²) < 4.78 is 11.6. The maximum Gasteiger partial charge on any atom is 0.0625 e. The monoisotopic (exact) mass is 264 g/mol. The molecule has 1 aliphatic heterocycles. The van der Waals surface area contributed by atoms with Crippen LogP contribution < -0.4 is 5.32 Å². The lowest BCUT2D eigenvalue weighted by Gasteiger charge is -2.32. The van der Waals surface area contributed by atoms with Gasteiger partial charge in [0, 0.05) is 25.5 Å². The van der Waals surface area contributed by atoms with E-state index < -0.39 is 0 Å². The van der Waals surface area contributed by atoms with Crippen molar-refractivity contribution in [1.82, 2.24) is 10.3 Å². The lowest BCUT2D eigenvalue weighted by Crippen LogP contribution is -2.35. The van der Waals surface area contributed by atoms with Crippen molar-refractivity contribution in [3.63, 3.8) is 0 Å². The fourth-order valence-electron chi connectivity index (χ4n) is 2.51. The van der Waals surface area contributed by atoms with Gasteiger partial charge in [-0.05, 0) is 38.3 Å². The van der Waals surface area contributed by atoms with Crippen LogP contribution in [0.4, 0.5) is 0 Å². The van der Waals surface area contributed by atoms with Gasteiger partial charge in [0.05, 0.1) is 24.9 Å². The number of pyridine rings is 1. The average molecular weight is 264 g/mol. The quantitative estimate of drug-likeness (QED) is 0.800. The molecule has 0 saturated carbocycles. The van der Waals surface area contributed by atoms with Gasteiger partial charge in [-0.2, -0.15) is 0 Å². The standard InChI is InChI=1S/C15H24N2O2/c1-12-8-15(9-13(2)19-12)18-7-6-17-11-14-4-3-5-16-10-14/h3-5,10,12-13,15,17H,6-9,11H2,1-2H3. The molecule has 2 rings (SSSR count). The Morgan fingerprint density at radius 3 is 2.84 bits per heavy atom. The molecule has 0 amide bonds. The molecule has 106 valence electrons. The normalized spacial score (nSPS) is 27.4. The predicted molar refractivity (Wildman–Crippen MR) is 74.9 cm³/mol. The lowest BCUT2D eigenvalue weighted by atomic mass is 10.0. The van der Waals surface area contributed by atoms with Gasteiger partial charge in [-0.15, -0.1) is 0 Å². The van der Waals surface area contributed by atoms with Gasteiger partial charge in [0.25, 0.3) is 0 Å². The minimum atomic E-state index is 0.317. The van der Waals surface area contributed by atoms with E-state index in [9.17, 15) is 0 Å². The molecule has 1 aromatic heterocycles. The molecule has 4 nitrogen and oxygen atoms in total. The van der Waals surface area contributed by atoms with Gasteiger partial charge in [-0.25, -0.2) is 0 Å². The highest BCUT2D eigenvalue weighted by Crippen LogP contribution is 2.21. The van der Waals surface area contributed by atoms with E-state index in [1.807, 2.05) is 12.3 Å². The maximum atomic E-state index is 5.90. The molecular weight excluding hydrogens is 240 g/mol. The van der Waals surface area contributed by atoms with Gasteiger partial charge in [-0.3, -0.25) is 4.98 Å². The first kappa shape index (κ1) is 14.4. The fraction of sp³-hybridized carbons (Fsp3) is 0.667. The molecule has 0 spiro atoms. The molecule has 4 heteroatoms. The van der Waals surface area contributed by atoms with Crippen LogP contribution >= 0.6 is 0 Å². The Kier molecular flexibility index (Phi) is 5.76. The van der Waals surface area contributed by atoms with E-state index >= 15 is 0 Å². The molecule has 2 unspecified atom stereocenters. The molecule has 2 atom stereocenters. The van der Waals surface area contributed by atoms with Gasteiger partial charge >= 0.3 is 0 Å². The summed E-state index contributed by atoms with van der Waals surface area (Å²) in [6.45, 7) is 6.70. The van der Waals surface area contributed by atoms with E-state index in [1.165, 1.54) is 5.56 Å². The largest absolute Gasteiger partial charge is 0.377 e. The van der Waals surface area contributed by atoms with E-state index in [-0.39, 0.29) is 0 Å². The zero-order valence-electron chi connectivity index (χ0n) is 11.8. The second kappa shape index (κ2) is 7.58. The van der Waals surface area contributed by atoms with E-state index in [1.54, 1.807) is 6.20 Å². The van der Waals surface area contributed by atoms with Gasteiger partial charge in [0.15, 0.2) is 0 Å². The molecule has 1 aromatic rings. The maximum absolute atomic E-state index is 5.90. The molecule has 0 aliphatic carbocycles. The highest BCUT2D eigenvalue weighted by Gasteiger charge is 2.24. The third-order valence-electron chi connectivity index (χ3n) is 3.34. The number of nitrogens with zero attached hydrogens (tertiary/aromatic N) is 1. The summed E-state index contributed by atoms with van der Waals surface area (Å²) in [6, 6.07) is 4.03. The van der Waals surface area contributed by atoms with Gasteiger partial charge in [0.1, 0.15) is 0 Å². The SMILES string of the molecule is CC1CC(OCCNCc2cccnc2)CC(C)O1. The third kappa shape index (κ3) is 5.27. The molecule has 1 saturated heterocycles. The van der Waals surface area contributed by atoms with Crippen LogP contribution in [0.25, 0.3) is 0 Å². The van der Waals surface area contributed by atoms with E-state index in [0.29, 0.717) is 18.3 Å². The topological polar surface area (TPSA) is 43.4 Å². The Hall–Kier alpha value is -0.970. The molecule has 0 aromatic carbocycles. The van der Waals surface area contributed by atoms with Crippen molar-refractivity contribution in [2.24, 2.45) is 0 Å². The minimum Gasteiger partial charge on any atom is -0.377 e. The lowest BCUT2D eigenvalue weighted by molar-refractivity contribution is -0.101. The molecule has 1 N–H and O–H groups in total. The Bertz CT molecular complexity index is 348. The first-order valence-electron chi connectivity index (χ1n) is 7.10. The summed E-state index contributed by atoms with van der Waals surface area (Å²) in [5.74, 6) is 0. The van der Waals surface area contributed by atoms with E-state index in [2.05, 4.69) is 30.2 Å². The Labute approximate surface area is 115 Å². The Morgan fingerprint density at radius 1 is 1.37 bits per heavy atom. The number of rotatable bonds is 6. The summed E-state index contributed by atoms with van der Waals surface area (Å²) in [5, 5.41) is 3.37. The number of nitrogens with one attached hydrogen (secondary N) is 1. The van der Waals surface area contributed by atoms with Crippen LogP contribution in [0.15, 0.2) is 24.5 Å². The number of aromatic nitrogens is 1. The first-order chi connectivity index (χ1) is 9.24. The Morgan fingerprint density at radius 2 is 2.16 bits per heavy atom. The molecule has 2 heterocycles. The summed E-state index contributed by atoms with van der Waals surface area (Å²) in [6.07, 6.45) is 6.67. The fourth-order valence-corrected chi connectivity index (χ4v) is 2.51. The van der Waals surface area contributed by atoms with Crippen molar-refractivity contribution in [2.75, 3.05) is 13.2 Å². The van der Waals surface area contributed by atoms with Crippen LogP contribution in [-0.4, -0.2) is 36.4 Å². The smallest absolute Gasteiger partial charge is 0.0625 e. The highest BCUT2D eigenvalue weighted by atomic mass is 16.5. The van der Waals surface area contributed by atoms with Crippen LogP contribution in [0.3, 0.4) is 0 Å². The summed E-state index contributed by atoms with van der Waals surface area (Å²) >= 11 is 0. The molecule has 1 aliphatic rings. The molecule has 0 bridgehead atoms. The third-order valence-corrected chi connectivity index (χ3v) is 3.34. The van der Waals surface area contributed by atoms with Gasteiger partial charge in [-0.1, -0.05) is 6.07 Å². The van der Waals surface area contributed by atoms with Crippen molar-refractivity contribution in [3.05, 3.63) is 30.1 Å². The molecule has 19 heavy (non-hydrogen) atoms. The second-order valence-electron chi connectivity index (χ2n) is 5.26. The van der Waals surface area contributed by atoms with E-state index in [4.69, 9.17) is 9.47 Å². The average Bonchev–Trinajstić information content (AvgIpc) is 2.38. The van der Waals surface area contributed by atoms with Crippen LogP contribution in [-0.2, 0) is 16.0 Å². The summed E-state index contributed by atoms with van der Waals surface area (Å²) in [4.78, 5) is 4.09. The van der Waals surface area contributed by atoms with Crippen LogP contribution in [0, 0.1) is 0 Å². The molecule has 0 radical (unpaired) electrons. The van der Waals surface area contributed by atoms with Crippen molar-refractivity contribution >= 4 is 0 Å². The molecule has 1 fully saturated rings. The van der Waals surface area contributed by atoms with Crippen molar-refractivity contribution in [1.29, 1.82) is 0 Å². The highest BCUT2D eigenvalue weighted by molar-refractivity contribution is 5.07. The minimum absolute atomic E-state index is 0.317. The zero-order valence-corrected chi connectivity index (χ0v) is 11.8. The van der Waals surface area contributed by atoms with Gasteiger partial charge in [0.2, 0.25) is 0 Å². The van der Waals surface area contributed by atoms with Crippen molar-refractivity contribution in [3.8, 4) is 0 Å². The number of ether oxygens (including phenoxy) is 2. The summed E-state index contributed by atoms with van der Waals surface area (Å²) in [5.41, 5.74) is 1.20.